The third-order valence-electron chi connectivity index (χ3n) is 1.25. The summed E-state index contributed by atoms with van der Waals surface area (Å²) in [5.74, 6) is 0. The lowest BCUT2D eigenvalue weighted by atomic mass is 10.6. The van der Waals surface area contributed by atoms with Crippen molar-refractivity contribution in [2.24, 2.45) is 0 Å². The molecule has 2 aromatic heterocycles. The van der Waals surface area contributed by atoms with Crippen LogP contribution in [0.4, 0.5) is 5.69 Å². The molecule has 0 amide bonds. The molecule has 4 nitrogen and oxygen atoms in total. The second-order valence-electron chi connectivity index (χ2n) is 1.95. The molecule has 0 aromatic carbocycles. The van der Waals surface area contributed by atoms with Gasteiger partial charge in [0, 0.05) is 0 Å². The Morgan fingerprint density at radius 2 is 2.17 bits per heavy atom. The highest BCUT2D eigenvalue weighted by atomic mass is 32.2. The summed E-state index contributed by atoms with van der Waals surface area (Å²) in [7, 11) is 0. The van der Waals surface area contributed by atoms with Crippen LogP contribution in [-0.2, 0) is 0 Å². The zero-order valence-electron chi connectivity index (χ0n) is 5.47. The van der Waals surface area contributed by atoms with Crippen LogP contribution >= 0.6 is 34.0 Å². The fraction of sp³-hybridized carbons (Fsp3) is 0. The molecule has 0 radical (unpaired) electrons. The summed E-state index contributed by atoms with van der Waals surface area (Å²) < 4.78 is 1.18. The van der Waals surface area contributed by atoms with Crippen LogP contribution in [0.1, 0.15) is 0 Å². The van der Waals surface area contributed by atoms with Crippen LogP contribution in [0, 0.1) is 10.1 Å². The van der Waals surface area contributed by atoms with E-state index >= 15 is 0 Å². The molecule has 2 rings (SSSR count). The molecule has 0 atom stereocenters. The van der Waals surface area contributed by atoms with Gasteiger partial charge in [-0.1, -0.05) is 22.7 Å². The molecule has 0 saturated heterocycles. The van der Waals surface area contributed by atoms with Crippen molar-refractivity contribution in [3.63, 3.8) is 0 Å². The van der Waals surface area contributed by atoms with Crippen molar-refractivity contribution in [1.29, 1.82) is 0 Å². The van der Waals surface area contributed by atoms with E-state index in [1.54, 1.807) is 0 Å². The predicted octanol–water partition coefficient (Wildman–Crippen LogP) is 2.29. The summed E-state index contributed by atoms with van der Waals surface area (Å²) in [6.07, 6.45) is 0. The molecule has 7 heteroatoms. The minimum atomic E-state index is -0.457. The Morgan fingerprint density at radius 3 is 2.83 bits per heavy atom. The average Bonchev–Trinajstić information content (AvgIpc) is 2.43. The van der Waals surface area contributed by atoms with E-state index in [1.165, 1.54) is 16.7 Å². The van der Waals surface area contributed by atoms with Crippen molar-refractivity contribution in [2.45, 2.75) is 0 Å². The first-order valence-electron chi connectivity index (χ1n) is 2.84. The predicted molar refractivity (Wildman–Crippen MR) is 50.5 cm³/mol. The first-order chi connectivity index (χ1) is 5.68. The second kappa shape index (κ2) is 2.61. The standard InChI is InChI=1S/C5HNO3S3/c7-5-11-3-2(6(8)9)1-10-4(3)12-5/h1H. The van der Waals surface area contributed by atoms with Gasteiger partial charge in [0.05, 0.1) is 10.3 Å². The molecule has 0 aliphatic rings. The van der Waals surface area contributed by atoms with Crippen LogP contribution in [0.25, 0.3) is 8.71 Å². The van der Waals surface area contributed by atoms with Crippen molar-refractivity contribution in [2.75, 3.05) is 0 Å². The Bertz CT molecular complexity index is 493. The zero-order chi connectivity index (χ0) is 8.72. The molecule has 0 spiro atoms. The van der Waals surface area contributed by atoms with Crippen LogP contribution in [0.15, 0.2) is 10.2 Å². The van der Waals surface area contributed by atoms with Gasteiger partial charge in [0.1, 0.15) is 8.71 Å². The maximum absolute atomic E-state index is 10.8. The van der Waals surface area contributed by atoms with Gasteiger partial charge in [0.25, 0.3) is 9.74 Å². The lowest BCUT2D eigenvalue weighted by molar-refractivity contribution is -0.382. The van der Waals surface area contributed by atoms with Crippen LogP contribution in [0.2, 0.25) is 0 Å². The van der Waals surface area contributed by atoms with Gasteiger partial charge < -0.3 is 0 Å². The molecule has 2 aromatic rings. The van der Waals surface area contributed by atoms with E-state index in [0.717, 1.165) is 26.7 Å². The SMILES string of the molecule is O=c1sc2scc([N+](=O)[O-])c2s1. The Kier molecular flexibility index (Phi) is 1.71. The van der Waals surface area contributed by atoms with E-state index in [2.05, 4.69) is 0 Å². The Labute approximate surface area is 77.9 Å². The van der Waals surface area contributed by atoms with Crippen molar-refractivity contribution in [1.82, 2.24) is 0 Å². The highest BCUT2D eigenvalue weighted by Crippen LogP contribution is 2.36. The lowest BCUT2D eigenvalue weighted by Crippen LogP contribution is -1.83. The maximum Gasteiger partial charge on any atom is 0.298 e. The number of hydrogen-bond acceptors (Lipinski definition) is 6. The normalized spacial score (nSPS) is 10.7. The molecule has 62 valence electrons. The highest BCUT2D eigenvalue weighted by Gasteiger charge is 2.17. The summed E-state index contributed by atoms with van der Waals surface area (Å²) >= 11 is 3.26. The molecular formula is C5HNO3S3. The van der Waals surface area contributed by atoms with E-state index in [1.807, 2.05) is 0 Å². The molecule has 0 bridgehead atoms. The third kappa shape index (κ3) is 1.06. The Hall–Kier alpha value is -0.790. The van der Waals surface area contributed by atoms with Crippen LogP contribution in [0.5, 0.6) is 0 Å². The molecular weight excluding hydrogens is 218 g/mol. The molecule has 0 aliphatic heterocycles. The maximum atomic E-state index is 10.8. The van der Waals surface area contributed by atoms with E-state index in [9.17, 15) is 14.9 Å². The Morgan fingerprint density at radius 1 is 1.42 bits per heavy atom. The largest absolute Gasteiger partial charge is 0.298 e. The minimum Gasteiger partial charge on any atom is -0.265 e. The summed E-state index contributed by atoms with van der Waals surface area (Å²) in [5, 5.41) is 11.9. The smallest absolute Gasteiger partial charge is 0.265 e. The zero-order valence-corrected chi connectivity index (χ0v) is 7.92. The first kappa shape index (κ1) is 7.84. The number of nitro groups is 1. The van der Waals surface area contributed by atoms with Crippen molar-refractivity contribution in [3.8, 4) is 0 Å². The third-order valence-corrected chi connectivity index (χ3v) is 4.65. The number of rotatable bonds is 1. The fourth-order valence-corrected chi connectivity index (χ4v) is 4.24. The van der Waals surface area contributed by atoms with Gasteiger partial charge in [-0.25, -0.2) is 0 Å². The van der Waals surface area contributed by atoms with E-state index in [4.69, 9.17) is 0 Å². The quantitative estimate of drug-likeness (QED) is 0.546. The number of nitrogens with zero attached hydrogens (tertiary/aromatic N) is 1. The van der Waals surface area contributed by atoms with Gasteiger partial charge in [-0.3, -0.25) is 14.9 Å². The molecule has 0 saturated carbocycles. The molecule has 0 N–H and O–H groups in total. The van der Waals surface area contributed by atoms with Crippen LogP contribution < -0.4 is 4.06 Å². The summed E-state index contributed by atoms with van der Waals surface area (Å²) in [6, 6.07) is 0. The van der Waals surface area contributed by atoms with Gasteiger partial charge in [-0.15, -0.1) is 11.3 Å². The highest BCUT2D eigenvalue weighted by molar-refractivity contribution is 7.46. The molecule has 0 unspecified atom stereocenters. The second-order valence-corrected chi connectivity index (χ2v) is 5.31. The Balaban J connectivity index is 2.85. The van der Waals surface area contributed by atoms with E-state index in [0.29, 0.717) is 4.70 Å². The lowest BCUT2D eigenvalue weighted by Gasteiger charge is -1.80. The van der Waals surface area contributed by atoms with Gasteiger partial charge in [-0.2, -0.15) is 0 Å². The van der Waals surface area contributed by atoms with Gasteiger partial charge in [0.2, 0.25) is 0 Å². The molecule has 12 heavy (non-hydrogen) atoms. The minimum absolute atomic E-state index is 0.0540. The monoisotopic (exact) mass is 219 g/mol. The number of hydrogen-bond donors (Lipinski definition) is 0. The molecule has 0 aliphatic carbocycles. The number of fused-ring (bicyclic) bond motifs is 1. The van der Waals surface area contributed by atoms with Crippen LogP contribution in [0.3, 0.4) is 0 Å². The summed E-state index contributed by atoms with van der Waals surface area (Å²) in [6.45, 7) is 0. The van der Waals surface area contributed by atoms with Crippen molar-refractivity contribution < 1.29 is 4.92 Å². The van der Waals surface area contributed by atoms with Gasteiger partial charge in [0.15, 0.2) is 0 Å². The number of thiophene rings is 1. The van der Waals surface area contributed by atoms with Gasteiger partial charge in [-0.05, 0) is 0 Å². The van der Waals surface area contributed by atoms with Crippen molar-refractivity contribution in [3.05, 3.63) is 24.3 Å². The van der Waals surface area contributed by atoms with Crippen LogP contribution in [-0.4, -0.2) is 4.92 Å². The average molecular weight is 219 g/mol. The summed E-state index contributed by atoms with van der Waals surface area (Å²) in [5.41, 5.74) is 0.0540. The topological polar surface area (TPSA) is 60.2 Å². The first-order valence-corrected chi connectivity index (χ1v) is 5.35. The van der Waals surface area contributed by atoms with Gasteiger partial charge >= 0.3 is 0 Å². The fourth-order valence-electron chi connectivity index (χ4n) is 0.791. The van der Waals surface area contributed by atoms with E-state index < -0.39 is 4.92 Å². The van der Waals surface area contributed by atoms with E-state index in [-0.39, 0.29) is 9.74 Å². The van der Waals surface area contributed by atoms with Crippen molar-refractivity contribution >= 4 is 48.4 Å². The summed E-state index contributed by atoms with van der Waals surface area (Å²) in [4.78, 5) is 20.8. The molecule has 0 fully saturated rings. The molecule has 2 heterocycles.